The van der Waals surface area contributed by atoms with Crippen molar-refractivity contribution in [3.63, 3.8) is 0 Å². The Morgan fingerprint density at radius 2 is 1.00 bits per heavy atom. The summed E-state index contributed by atoms with van der Waals surface area (Å²) in [6.45, 7) is 0. The quantitative estimate of drug-likeness (QED) is 0.728. The molecule has 0 aliphatic heterocycles. The zero-order chi connectivity index (χ0) is 13.4. The molecule has 0 amide bonds. The summed E-state index contributed by atoms with van der Waals surface area (Å²) in [5, 5.41) is 3.30. The Morgan fingerprint density at radius 1 is 0.722 bits per heavy atom. The molecule has 3 N–H and O–H groups in total. The van der Waals surface area contributed by atoms with E-state index in [1.807, 2.05) is 60.7 Å². The van der Waals surface area contributed by atoms with Gasteiger partial charge in [-0.2, -0.15) is 8.42 Å². The lowest BCUT2D eigenvalue weighted by atomic mass is 10.3. The van der Waals surface area contributed by atoms with E-state index in [-0.39, 0.29) is 0 Å². The number of nitrogens with one attached hydrogen (secondary N) is 1. The van der Waals surface area contributed by atoms with Crippen molar-refractivity contribution < 1.29 is 17.5 Å². The highest BCUT2D eigenvalue weighted by Crippen LogP contribution is 2.14. The predicted molar refractivity (Wildman–Crippen MR) is 70.3 cm³/mol. The molecular weight excluding hydrogens is 254 g/mol. The Balaban J connectivity index is 0.000000280. The Bertz CT molecular complexity index is 510. The van der Waals surface area contributed by atoms with E-state index in [4.69, 9.17) is 17.5 Å². The van der Waals surface area contributed by atoms with E-state index >= 15 is 0 Å². The van der Waals surface area contributed by atoms with Gasteiger partial charge in [-0.25, -0.2) is 0 Å². The largest absolute Gasteiger partial charge is 0.394 e. The molecule has 5 nitrogen and oxygen atoms in total. The third-order valence-corrected chi connectivity index (χ3v) is 1.84. The van der Waals surface area contributed by atoms with Crippen LogP contribution < -0.4 is 5.32 Å². The first kappa shape index (κ1) is 14.2. The molecule has 0 saturated heterocycles. The molecule has 0 aliphatic rings. The van der Waals surface area contributed by atoms with Gasteiger partial charge in [0, 0.05) is 11.4 Å². The van der Waals surface area contributed by atoms with Crippen LogP contribution in [0.4, 0.5) is 11.4 Å². The van der Waals surface area contributed by atoms with E-state index in [0.29, 0.717) is 0 Å². The molecule has 2 rings (SSSR count). The van der Waals surface area contributed by atoms with Gasteiger partial charge in [0.15, 0.2) is 0 Å². The Labute approximate surface area is 106 Å². The van der Waals surface area contributed by atoms with Gasteiger partial charge in [0.05, 0.1) is 0 Å². The second-order valence-electron chi connectivity index (χ2n) is 3.30. The van der Waals surface area contributed by atoms with E-state index in [0.717, 1.165) is 11.4 Å². The average Bonchev–Trinajstić information content (AvgIpc) is 2.29. The van der Waals surface area contributed by atoms with Crippen LogP contribution in [0.2, 0.25) is 0 Å². The molecule has 0 bridgehead atoms. The fourth-order valence-electron chi connectivity index (χ4n) is 1.21. The van der Waals surface area contributed by atoms with E-state index < -0.39 is 10.4 Å². The summed E-state index contributed by atoms with van der Waals surface area (Å²) in [7, 11) is -4.67. The number of hydrogen-bond acceptors (Lipinski definition) is 3. The molecule has 6 heteroatoms. The van der Waals surface area contributed by atoms with Gasteiger partial charge in [0.25, 0.3) is 0 Å². The van der Waals surface area contributed by atoms with Crippen LogP contribution in [0.25, 0.3) is 0 Å². The van der Waals surface area contributed by atoms with Crippen molar-refractivity contribution in [1.29, 1.82) is 0 Å². The van der Waals surface area contributed by atoms with Crippen LogP contribution in [-0.4, -0.2) is 17.5 Å². The number of rotatable bonds is 2. The second-order valence-corrected chi connectivity index (χ2v) is 4.20. The van der Waals surface area contributed by atoms with Gasteiger partial charge in [-0.05, 0) is 24.3 Å². The smallest absolute Gasteiger partial charge is 0.356 e. The monoisotopic (exact) mass is 267 g/mol. The third kappa shape index (κ3) is 7.39. The first-order valence-corrected chi connectivity index (χ1v) is 6.42. The van der Waals surface area contributed by atoms with Gasteiger partial charge in [-0.15, -0.1) is 0 Å². The molecular formula is C12H13NO4S. The fraction of sp³-hybridized carbons (Fsp3) is 0. The minimum Gasteiger partial charge on any atom is -0.356 e. The fourth-order valence-corrected chi connectivity index (χ4v) is 1.21. The van der Waals surface area contributed by atoms with Crippen LogP contribution in [0.1, 0.15) is 0 Å². The maximum Gasteiger partial charge on any atom is 0.394 e. The topological polar surface area (TPSA) is 86.6 Å². The summed E-state index contributed by atoms with van der Waals surface area (Å²) in [6, 6.07) is 20.3. The third-order valence-electron chi connectivity index (χ3n) is 1.84. The minimum absolute atomic E-state index is 1.12. The van der Waals surface area contributed by atoms with Crippen molar-refractivity contribution in [3.8, 4) is 0 Å². The highest BCUT2D eigenvalue weighted by atomic mass is 32.3. The molecule has 0 heterocycles. The molecule has 0 aromatic heterocycles. The molecule has 2 aromatic carbocycles. The maximum absolute atomic E-state index is 8.74. The summed E-state index contributed by atoms with van der Waals surface area (Å²) in [4.78, 5) is 0. The van der Waals surface area contributed by atoms with Crippen molar-refractivity contribution in [1.82, 2.24) is 0 Å². The number of para-hydroxylation sites is 2. The van der Waals surface area contributed by atoms with Crippen molar-refractivity contribution in [2.24, 2.45) is 0 Å². The van der Waals surface area contributed by atoms with Gasteiger partial charge in [0.1, 0.15) is 0 Å². The van der Waals surface area contributed by atoms with Crippen molar-refractivity contribution in [3.05, 3.63) is 60.7 Å². The number of hydrogen-bond donors (Lipinski definition) is 3. The lowest BCUT2D eigenvalue weighted by Crippen LogP contribution is -1.89. The molecule has 18 heavy (non-hydrogen) atoms. The molecule has 0 fully saturated rings. The summed E-state index contributed by atoms with van der Waals surface area (Å²) < 4.78 is 31.6. The minimum atomic E-state index is -4.67. The first-order chi connectivity index (χ1) is 8.45. The zero-order valence-electron chi connectivity index (χ0n) is 9.39. The lowest BCUT2D eigenvalue weighted by molar-refractivity contribution is 0.381. The summed E-state index contributed by atoms with van der Waals surface area (Å²) in [5.41, 5.74) is 2.24. The van der Waals surface area contributed by atoms with Crippen LogP contribution in [0.15, 0.2) is 60.7 Å². The SMILES string of the molecule is O=S(=O)(O)O.c1ccc(Nc2ccccc2)cc1. The van der Waals surface area contributed by atoms with Crippen LogP contribution in [0.5, 0.6) is 0 Å². The highest BCUT2D eigenvalue weighted by Gasteiger charge is 1.89. The molecule has 2 aromatic rings. The van der Waals surface area contributed by atoms with Crippen molar-refractivity contribution in [2.75, 3.05) is 5.32 Å². The van der Waals surface area contributed by atoms with E-state index in [9.17, 15) is 0 Å². The Kier molecular flexibility index (Phi) is 5.31. The van der Waals surface area contributed by atoms with E-state index in [2.05, 4.69) is 5.32 Å². The predicted octanol–water partition coefficient (Wildman–Crippen LogP) is 2.78. The lowest BCUT2D eigenvalue weighted by Gasteiger charge is -2.04. The Hall–Kier alpha value is -1.89. The summed E-state index contributed by atoms with van der Waals surface area (Å²) in [6.07, 6.45) is 0. The van der Waals surface area contributed by atoms with Gasteiger partial charge in [-0.1, -0.05) is 36.4 Å². The standard InChI is InChI=1S/C12H11N.H2O4S/c1-3-7-11(8-4-1)13-12-9-5-2-6-10-12;1-5(2,3)4/h1-10,13H;(H2,1,2,3,4). The normalized spacial score (nSPS) is 10.1. The van der Waals surface area contributed by atoms with Crippen molar-refractivity contribution >= 4 is 21.8 Å². The van der Waals surface area contributed by atoms with Crippen LogP contribution >= 0.6 is 0 Å². The number of anilines is 2. The van der Waals surface area contributed by atoms with Crippen molar-refractivity contribution in [2.45, 2.75) is 0 Å². The van der Waals surface area contributed by atoms with Gasteiger partial charge < -0.3 is 5.32 Å². The molecule has 0 saturated carbocycles. The second kappa shape index (κ2) is 6.75. The highest BCUT2D eigenvalue weighted by molar-refractivity contribution is 7.79. The van der Waals surface area contributed by atoms with Crippen LogP contribution in [-0.2, 0) is 10.4 Å². The maximum atomic E-state index is 8.74. The van der Waals surface area contributed by atoms with Gasteiger partial charge in [0.2, 0.25) is 0 Å². The molecule has 0 spiro atoms. The summed E-state index contributed by atoms with van der Waals surface area (Å²) >= 11 is 0. The van der Waals surface area contributed by atoms with Gasteiger partial charge >= 0.3 is 10.4 Å². The zero-order valence-corrected chi connectivity index (χ0v) is 10.2. The van der Waals surface area contributed by atoms with E-state index in [1.165, 1.54) is 0 Å². The van der Waals surface area contributed by atoms with Crippen LogP contribution in [0, 0.1) is 0 Å². The van der Waals surface area contributed by atoms with E-state index in [1.54, 1.807) is 0 Å². The molecule has 0 aliphatic carbocycles. The molecule has 0 radical (unpaired) electrons. The molecule has 0 atom stereocenters. The molecule has 96 valence electrons. The number of benzene rings is 2. The van der Waals surface area contributed by atoms with Gasteiger partial charge in [-0.3, -0.25) is 9.11 Å². The summed E-state index contributed by atoms with van der Waals surface area (Å²) in [5.74, 6) is 0. The average molecular weight is 267 g/mol. The van der Waals surface area contributed by atoms with Crippen LogP contribution in [0.3, 0.4) is 0 Å². The first-order valence-electron chi connectivity index (χ1n) is 5.02. The Morgan fingerprint density at radius 3 is 1.28 bits per heavy atom. The molecule has 0 unspecified atom stereocenters.